The van der Waals surface area contributed by atoms with Gasteiger partial charge in [-0.25, -0.2) is 0 Å². The predicted molar refractivity (Wildman–Crippen MR) is 75.0 cm³/mol. The first kappa shape index (κ1) is 14.0. The molecule has 1 amide bonds. The highest BCUT2D eigenvalue weighted by molar-refractivity contribution is 9.10. The molecule has 6 nitrogen and oxygen atoms in total. The number of rotatable bonds is 3. The summed E-state index contributed by atoms with van der Waals surface area (Å²) in [5.41, 5.74) is 0.394. The zero-order valence-corrected chi connectivity index (χ0v) is 11.8. The maximum atomic E-state index is 12.1. The van der Waals surface area contributed by atoms with E-state index in [9.17, 15) is 14.9 Å². The number of anilines is 1. The van der Waals surface area contributed by atoms with Gasteiger partial charge in [0.25, 0.3) is 5.69 Å². The van der Waals surface area contributed by atoms with Crippen LogP contribution >= 0.6 is 15.9 Å². The fourth-order valence-electron chi connectivity index (χ4n) is 2.03. The number of hydrogen-bond acceptors (Lipinski definition) is 4. The van der Waals surface area contributed by atoms with E-state index in [2.05, 4.69) is 26.6 Å². The molecule has 0 unspecified atom stereocenters. The fourth-order valence-corrected chi connectivity index (χ4v) is 2.38. The Morgan fingerprint density at radius 3 is 2.95 bits per heavy atom. The van der Waals surface area contributed by atoms with E-state index in [4.69, 9.17) is 0 Å². The van der Waals surface area contributed by atoms with E-state index >= 15 is 0 Å². The molecule has 2 rings (SSSR count). The molecular formula is C12H14BrN3O3. The van der Waals surface area contributed by atoms with Crippen LogP contribution in [0.3, 0.4) is 0 Å². The summed E-state index contributed by atoms with van der Waals surface area (Å²) in [5, 5.41) is 16.6. The highest BCUT2D eigenvalue weighted by atomic mass is 79.9. The average molecular weight is 328 g/mol. The largest absolute Gasteiger partial charge is 0.325 e. The monoisotopic (exact) mass is 327 g/mol. The summed E-state index contributed by atoms with van der Waals surface area (Å²) in [6.45, 7) is 1.59. The van der Waals surface area contributed by atoms with E-state index in [-0.39, 0.29) is 17.5 Å². The Kier molecular flexibility index (Phi) is 4.49. The summed E-state index contributed by atoms with van der Waals surface area (Å²) in [6.07, 6.45) is 1.81. The number of nitro groups is 1. The molecule has 102 valence electrons. The van der Waals surface area contributed by atoms with E-state index in [0.717, 1.165) is 19.4 Å². The lowest BCUT2D eigenvalue weighted by Gasteiger charge is -2.22. The smallest absolute Gasteiger partial charge is 0.271 e. The molecule has 1 aromatic rings. The Morgan fingerprint density at radius 1 is 1.53 bits per heavy atom. The number of non-ortho nitro benzene ring substituents is 1. The van der Waals surface area contributed by atoms with E-state index in [1.165, 1.54) is 12.1 Å². The number of hydrogen-bond donors (Lipinski definition) is 2. The number of piperidine rings is 1. The van der Waals surface area contributed by atoms with E-state index in [1.54, 1.807) is 6.07 Å². The van der Waals surface area contributed by atoms with Gasteiger partial charge in [-0.1, -0.05) is 0 Å². The second-order valence-electron chi connectivity index (χ2n) is 4.45. The minimum absolute atomic E-state index is 0.0414. The summed E-state index contributed by atoms with van der Waals surface area (Å²) in [4.78, 5) is 22.3. The third-order valence-corrected chi connectivity index (χ3v) is 3.78. The van der Waals surface area contributed by atoms with Gasteiger partial charge < -0.3 is 10.6 Å². The highest BCUT2D eigenvalue weighted by Gasteiger charge is 2.22. The molecule has 0 bridgehead atoms. The van der Waals surface area contributed by atoms with Crippen molar-refractivity contribution in [1.29, 1.82) is 0 Å². The van der Waals surface area contributed by atoms with Crippen molar-refractivity contribution in [3.05, 3.63) is 32.8 Å². The molecule has 1 aliphatic rings. The number of carbonyl (C=O) groups is 1. The Labute approximate surface area is 118 Å². The molecule has 1 heterocycles. The molecule has 0 aliphatic carbocycles. The van der Waals surface area contributed by atoms with Crippen molar-refractivity contribution in [1.82, 2.24) is 5.32 Å². The summed E-state index contributed by atoms with van der Waals surface area (Å²) in [6, 6.07) is 4.31. The maximum absolute atomic E-state index is 12.1. The zero-order chi connectivity index (χ0) is 13.8. The van der Waals surface area contributed by atoms with Gasteiger partial charge in [-0.2, -0.15) is 0 Å². The van der Waals surface area contributed by atoms with Crippen LogP contribution in [0.15, 0.2) is 22.7 Å². The van der Waals surface area contributed by atoms with Crippen LogP contribution < -0.4 is 10.6 Å². The lowest BCUT2D eigenvalue weighted by atomic mass is 9.99. The second kappa shape index (κ2) is 6.12. The third-order valence-electron chi connectivity index (χ3n) is 3.09. The molecule has 2 N–H and O–H groups in total. The molecule has 1 atom stereocenters. The number of amides is 1. The summed E-state index contributed by atoms with van der Waals surface area (Å²) in [7, 11) is 0. The van der Waals surface area contributed by atoms with Crippen molar-refractivity contribution in [3.63, 3.8) is 0 Å². The lowest BCUT2D eigenvalue weighted by molar-refractivity contribution is -0.384. The van der Waals surface area contributed by atoms with Crippen LogP contribution in [0, 0.1) is 16.0 Å². The van der Waals surface area contributed by atoms with Gasteiger partial charge in [-0.15, -0.1) is 0 Å². The van der Waals surface area contributed by atoms with Crippen LogP contribution in [-0.2, 0) is 4.79 Å². The van der Waals surface area contributed by atoms with Crippen molar-refractivity contribution in [3.8, 4) is 0 Å². The zero-order valence-electron chi connectivity index (χ0n) is 10.2. The number of halogens is 1. The fraction of sp³-hybridized carbons (Fsp3) is 0.417. The predicted octanol–water partition coefficient (Wildman–Crippen LogP) is 2.30. The van der Waals surface area contributed by atoms with E-state index in [0.29, 0.717) is 16.7 Å². The summed E-state index contributed by atoms with van der Waals surface area (Å²) in [5.74, 6) is -0.187. The molecule has 0 aromatic heterocycles. The molecular weight excluding hydrogens is 314 g/mol. The lowest BCUT2D eigenvalue weighted by Crippen LogP contribution is -2.37. The Morgan fingerprint density at radius 2 is 2.32 bits per heavy atom. The Hall–Kier alpha value is -1.47. The van der Waals surface area contributed by atoms with Crippen molar-refractivity contribution in [2.75, 3.05) is 18.4 Å². The van der Waals surface area contributed by atoms with Crippen LogP contribution in [-0.4, -0.2) is 23.9 Å². The van der Waals surface area contributed by atoms with Crippen LogP contribution in [0.25, 0.3) is 0 Å². The van der Waals surface area contributed by atoms with Gasteiger partial charge in [-0.05, 0) is 41.4 Å². The first-order chi connectivity index (χ1) is 9.08. The van der Waals surface area contributed by atoms with Crippen LogP contribution in [0.4, 0.5) is 11.4 Å². The number of nitrogens with zero attached hydrogens (tertiary/aromatic N) is 1. The highest BCUT2D eigenvalue weighted by Crippen LogP contribution is 2.27. The first-order valence-corrected chi connectivity index (χ1v) is 6.83. The summed E-state index contributed by atoms with van der Waals surface area (Å²) >= 11 is 3.28. The molecule has 0 radical (unpaired) electrons. The van der Waals surface area contributed by atoms with Crippen LogP contribution in [0.5, 0.6) is 0 Å². The van der Waals surface area contributed by atoms with E-state index in [1.807, 2.05) is 0 Å². The van der Waals surface area contributed by atoms with Crippen LogP contribution in [0.1, 0.15) is 12.8 Å². The first-order valence-electron chi connectivity index (χ1n) is 6.03. The van der Waals surface area contributed by atoms with Crippen molar-refractivity contribution < 1.29 is 9.72 Å². The molecule has 1 aliphatic heterocycles. The van der Waals surface area contributed by atoms with Crippen LogP contribution in [0.2, 0.25) is 0 Å². The normalized spacial score (nSPS) is 18.9. The van der Waals surface area contributed by atoms with Crippen molar-refractivity contribution in [2.24, 2.45) is 5.92 Å². The maximum Gasteiger partial charge on any atom is 0.271 e. The number of carbonyl (C=O) groups excluding carboxylic acids is 1. The SMILES string of the molecule is O=C(Nc1cc([N+](=O)[O-])ccc1Br)[C@H]1CCCNC1. The quantitative estimate of drug-likeness (QED) is 0.659. The van der Waals surface area contributed by atoms with Gasteiger partial charge in [0.2, 0.25) is 5.91 Å². The van der Waals surface area contributed by atoms with Crippen molar-refractivity contribution in [2.45, 2.75) is 12.8 Å². The molecule has 1 saturated heterocycles. The molecule has 19 heavy (non-hydrogen) atoms. The van der Waals surface area contributed by atoms with E-state index < -0.39 is 4.92 Å². The van der Waals surface area contributed by atoms with Gasteiger partial charge in [0.1, 0.15) is 0 Å². The molecule has 0 spiro atoms. The molecule has 0 saturated carbocycles. The molecule has 7 heteroatoms. The second-order valence-corrected chi connectivity index (χ2v) is 5.31. The number of nitrogens with one attached hydrogen (secondary N) is 2. The third kappa shape index (κ3) is 3.51. The molecule has 1 aromatic carbocycles. The molecule has 1 fully saturated rings. The summed E-state index contributed by atoms with van der Waals surface area (Å²) < 4.78 is 0.634. The standard InChI is InChI=1S/C12H14BrN3O3/c13-10-4-3-9(16(18)19)6-11(10)15-12(17)8-2-1-5-14-7-8/h3-4,6,8,14H,1-2,5,7H2,(H,15,17)/t8-/m0/s1. The topological polar surface area (TPSA) is 84.3 Å². The van der Waals surface area contributed by atoms with Crippen molar-refractivity contribution >= 4 is 33.2 Å². The van der Waals surface area contributed by atoms with Gasteiger partial charge in [-0.3, -0.25) is 14.9 Å². The van der Waals surface area contributed by atoms with Gasteiger partial charge in [0.15, 0.2) is 0 Å². The Balaban J connectivity index is 2.11. The number of benzene rings is 1. The van der Waals surface area contributed by atoms with Gasteiger partial charge >= 0.3 is 0 Å². The minimum Gasteiger partial charge on any atom is -0.325 e. The average Bonchev–Trinajstić information content (AvgIpc) is 2.42. The van der Waals surface area contributed by atoms with Gasteiger partial charge in [0, 0.05) is 23.2 Å². The Bertz CT molecular complexity index is 501. The number of nitro benzene ring substituents is 1. The minimum atomic E-state index is -0.482. The van der Waals surface area contributed by atoms with Gasteiger partial charge in [0.05, 0.1) is 16.5 Å².